The fraction of sp³-hybridized carbons (Fsp3) is 0.333. The molecule has 2 aromatic rings. The van der Waals surface area contributed by atoms with E-state index in [1.807, 2.05) is 18.2 Å². The van der Waals surface area contributed by atoms with Gasteiger partial charge in [0.1, 0.15) is 11.4 Å². The van der Waals surface area contributed by atoms with Gasteiger partial charge in [0, 0.05) is 24.8 Å². The number of aromatic nitrogens is 2. The summed E-state index contributed by atoms with van der Waals surface area (Å²) in [6.45, 7) is 1.68. The summed E-state index contributed by atoms with van der Waals surface area (Å²) < 4.78 is 17.2. The first-order valence-corrected chi connectivity index (χ1v) is 8.58. The van der Waals surface area contributed by atoms with Crippen LogP contribution in [0.1, 0.15) is 5.56 Å². The lowest BCUT2D eigenvalue weighted by Gasteiger charge is -2.17. The Balaban J connectivity index is 1.84. The zero-order chi connectivity index (χ0) is 16.2. The lowest BCUT2D eigenvalue weighted by molar-refractivity contribution is 0.217. The molecule has 23 heavy (non-hydrogen) atoms. The van der Waals surface area contributed by atoms with Crippen molar-refractivity contribution in [3.8, 4) is 0 Å². The Morgan fingerprint density at radius 2 is 2.13 bits per heavy atom. The largest absolute Gasteiger partial charge is 0.609 e. The smallest absolute Gasteiger partial charge is 0.346 e. The summed E-state index contributed by atoms with van der Waals surface area (Å²) in [5.41, 5.74) is 7.86. The van der Waals surface area contributed by atoms with Crippen molar-refractivity contribution in [2.45, 2.75) is 11.7 Å². The Hall–Kier alpha value is -2.03. The molecule has 1 aromatic carbocycles. The maximum Gasteiger partial charge on any atom is 0.346 e. The van der Waals surface area contributed by atoms with Crippen LogP contribution in [0.5, 0.6) is 0 Å². The summed E-state index contributed by atoms with van der Waals surface area (Å²) in [6, 6.07) is 10.1. The van der Waals surface area contributed by atoms with E-state index < -0.39 is 11.2 Å². The summed E-state index contributed by atoms with van der Waals surface area (Å²) in [6.07, 6.45) is 0. The highest BCUT2D eigenvalue weighted by Crippen LogP contribution is 2.35. The molecule has 7 nitrogen and oxygen atoms in total. The Morgan fingerprint density at radius 1 is 1.35 bits per heavy atom. The minimum Gasteiger partial charge on any atom is -0.609 e. The van der Waals surface area contributed by atoms with Crippen molar-refractivity contribution in [2.24, 2.45) is 0 Å². The average molecular weight is 333 g/mol. The van der Waals surface area contributed by atoms with E-state index in [-0.39, 0.29) is 5.16 Å². The van der Waals surface area contributed by atoms with E-state index in [0.29, 0.717) is 42.9 Å². The molecule has 1 atom stereocenters. The normalized spacial score (nSPS) is 14.4. The number of hydrogen-bond donors (Lipinski definition) is 2. The van der Waals surface area contributed by atoms with Gasteiger partial charge >= 0.3 is 5.16 Å². The standard InChI is InChI=1S/C15H19N5O2S/c1-22-7-8-23(21)15-18-13(16)12-14(19-15)20(10-17-12)9-11-5-3-2-4-6-11/h2-6,17H,7-10H2,1H3,(H2,16,18,19). The van der Waals surface area contributed by atoms with Crippen molar-refractivity contribution in [3.63, 3.8) is 0 Å². The van der Waals surface area contributed by atoms with Crippen LogP contribution in [-0.4, -0.2) is 40.7 Å². The van der Waals surface area contributed by atoms with Crippen molar-refractivity contribution < 1.29 is 9.29 Å². The molecule has 0 amide bonds. The number of nitrogens with zero attached hydrogens (tertiary/aromatic N) is 3. The number of ether oxygens (including phenoxy) is 1. The van der Waals surface area contributed by atoms with Gasteiger partial charge in [-0.05, 0) is 5.56 Å². The number of nitrogens with two attached hydrogens (primary N) is 1. The topological polar surface area (TPSA) is 99.4 Å². The molecule has 2 heterocycles. The van der Waals surface area contributed by atoms with Gasteiger partial charge in [-0.25, -0.2) is 0 Å². The lowest BCUT2D eigenvalue weighted by Crippen LogP contribution is -2.23. The Labute approximate surface area is 138 Å². The third kappa shape index (κ3) is 3.49. The van der Waals surface area contributed by atoms with Crippen LogP contribution in [0.15, 0.2) is 35.5 Å². The van der Waals surface area contributed by atoms with Gasteiger partial charge in [0.2, 0.25) is 0 Å². The van der Waals surface area contributed by atoms with Crippen molar-refractivity contribution in [1.82, 2.24) is 9.97 Å². The maximum atomic E-state index is 12.2. The third-order valence-electron chi connectivity index (χ3n) is 3.54. The molecular weight excluding hydrogens is 314 g/mol. The molecule has 3 rings (SSSR count). The van der Waals surface area contributed by atoms with Gasteiger partial charge in [-0.1, -0.05) is 30.3 Å². The fourth-order valence-electron chi connectivity index (χ4n) is 2.38. The van der Waals surface area contributed by atoms with Crippen molar-refractivity contribution in [3.05, 3.63) is 35.9 Å². The maximum absolute atomic E-state index is 12.2. The lowest BCUT2D eigenvalue weighted by atomic mass is 10.2. The molecular formula is C15H19N5O2S. The van der Waals surface area contributed by atoms with Gasteiger partial charge in [-0.15, -0.1) is 0 Å². The molecule has 0 saturated carbocycles. The first-order chi connectivity index (χ1) is 11.2. The van der Waals surface area contributed by atoms with E-state index in [4.69, 9.17) is 10.5 Å². The summed E-state index contributed by atoms with van der Waals surface area (Å²) in [4.78, 5) is 10.7. The molecule has 0 spiro atoms. The van der Waals surface area contributed by atoms with Crippen LogP contribution in [0.3, 0.4) is 0 Å². The summed E-state index contributed by atoms with van der Waals surface area (Å²) in [5, 5.41) is 3.45. The highest BCUT2D eigenvalue weighted by atomic mass is 32.2. The first kappa shape index (κ1) is 15.9. The van der Waals surface area contributed by atoms with Crippen LogP contribution in [-0.2, 0) is 22.5 Å². The molecule has 3 N–H and O–H groups in total. The first-order valence-electron chi connectivity index (χ1n) is 7.26. The Kier molecular flexibility index (Phi) is 4.85. The van der Waals surface area contributed by atoms with Crippen LogP contribution in [0.2, 0.25) is 0 Å². The predicted molar refractivity (Wildman–Crippen MR) is 90.7 cm³/mol. The molecule has 0 saturated heterocycles. The fourth-order valence-corrected chi connectivity index (χ4v) is 3.27. The van der Waals surface area contributed by atoms with E-state index in [1.165, 1.54) is 5.56 Å². The molecule has 1 aliphatic rings. The second-order valence-electron chi connectivity index (χ2n) is 5.15. The second-order valence-corrected chi connectivity index (χ2v) is 6.62. The summed E-state index contributed by atoms with van der Waals surface area (Å²) >= 11 is -1.33. The zero-order valence-electron chi connectivity index (χ0n) is 12.9. The van der Waals surface area contributed by atoms with Crippen LogP contribution in [0, 0.1) is 0 Å². The SMILES string of the molecule is COCC[S+]([O-])c1nc(N)c2c(n1)N(Cc1ccccc1)CN2. The molecule has 8 heteroatoms. The average Bonchev–Trinajstić information content (AvgIpc) is 2.97. The minimum absolute atomic E-state index is 0.250. The monoisotopic (exact) mass is 333 g/mol. The second kappa shape index (κ2) is 7.03. The number of anilines is 3. The van der Waals surface area contributed by atoms with E-state index in [0.717, 1.165) is 0 Å². The molecule has 0 bridgehead atoms. The van der Waals surface area contributed by atoms with Crippen molar-refractivity contribution >= 4 is 28.5 Å². The Morgan fingerprint density at radius 3 is 2.87 bits per heavy atom. The van der Waals surface area contributed by atoms with Gasteiger partial charge < -0.3 is 25.2 Å². The van der Waals surface area contributed by atoms with Crippen LogP contribution in [0.25, 0.3) is 0 Å². The number of rotatable bonds is 6. The van der Waals surface area contributed by atoms with Crippen LogP contribution >= 0.6 is 0 Å². The van der Waals surface area contributed by atoms with Crippen molar-refractivity contribution in [1.29, 1.82) is 0 Å². The molecule has 1 aromatic heterocycles. The molecule has 0 radical (unpaired) electrons. The van der Waals surface area contributed by atoms with Gasteiger partial charge in [0.15, 0.2) is 11.6 Å². The van der Waals surface area contributed by atoms with E-state index >= 15 is 0 Å². The van der Waals surface area contributed by atoms with E-state index in [2.05, 4.69) is 32.3 Å². The number of benzene rings is 1. The quantitative estimate of drug-likeness (QED) is 0.605. The predicted octanol–water partition coefficient (Wildman–Crippen LogP) is 1.20. The molecule has 0 aliphatic carbocycles. The summed E-state index contributed by atoms with van der Waals surface area (Å²) in [5.74, 6) is 1.37. The van der Waals surface area contributed by atoms with Gasteiger partial charge in [-0.2, -0.15) is 9.97 Å². The third-order valence-corrected chi connectivity index (χ3v) is 4.66. The number of hydrogen-bond acceptors (Lipinski definition) is 7. The number of methoxy groups -OCH3 is 1. The number of nitrogens with one attached hydrogen (secondary N) is 1. The van der Waals surface area contributed by atoms with Crippen molar-refractivity contribution in [2.75, 3.05) is 42.1 Å². The van der Waals surface area contributed by atoms with Crippen LogP contribution < -0.4 is 16.0 Å². The molecule has 1 unspecified atom stereocenters. The zero-order valence-corrected chi connectivity index (χ0v) is 13.7. The van der Waals surface area contributed by atoms with Gasteiger partial charge in [0.25, 0.3) is 0 Å². The molecule has 122 valence electrons. The van der Waals surface area contributed by atoms with Crippen LogP contribution in [0.4, 0.5) is 17.3 Å². The highest BCUT2D eigenvalue weighted by Gasteiger charge is 2.28. The number of fused-ring (bicyclic) bond motifs is 1. The van der Waals surface area contributed by atoms with E-state index in [1.54, 1.807) is 7.11 Å². The van der Waals surface area contributed by atoms with Gasteiger partial charge in [0.05, 0.1) is 13.3 Å². The van der Waals surface area contributed by atoms with Gasteiger partial charge in [-0.3, -0.25) is 0 Å². The molecule has 0 fully saturated rings. The molecule has 1 aliphatic heterocycles. The number of nitrogen functional groups attached to an aromatic ring is 1. The highest BCUT2D eigenvalue weighted by molar-refractivity contribution is 7.91. The minimum atomic E-state index is -1.33. The Bertz CT molecular complexity index is 670. The summed E-state index contributed by atoms with van der Waals surface area (Å²) in [7, 11) is 1.57. The van der Waals surface area contributed by atoms with E-state index in [9.17, 15) is 4.55 Å².